The molecule has 192 valence electrons. The molecule has 3 aromatic carbocycles. The topological polar surface area (TPSA) is 103 Å². The normalized spacial score (nSPS) is 11.5. The van der Waals surface area contributed by atoms with Crippen molar-refractivity contribution in [1.82, 2.24) is 14.5 Å². The third kappa shape index (κ3) is 4.71. The lowest BCUT2D eigenvalue weighted by molar-refractivity contribution is 0.412. The molecule has 0 fully saturated rings. The summed E-state index contributed by atoms with van der Waals surface area (Å²) in [6.45, 7) is 1.71. The number of benzene rings is 3. The van der Waals surface area contributed by atoms with Gasteiger partial charge in [-0.15, -0.1) is 0 Å². The van der Waals surface area contributed by atoms with Crippen LogP contribution in [0.4, 0.5) is 14.6 Å². The van der Waals surface area contributed by atoms with Gasteiger partial charge in [-0.25, -0.2) is 27.2 Å². The van der Waals surface area contributed by atoms with Crippen molar-refractivity contribution in [1.29, 1.82) is 0 Å². The molecule has 2 aromatic heterocycles. The molecule has 11 heteroatoms. The van der Waals surface area contributed by atoms with Crippen molar-refractivity contribution in [3.05, 3.63) is 107 Å². The van der Waals surface area contributed by atoms with Gasteiger partial charge < -0.3 is 4.74 Å². The molecular weight excluding hydrogens is 514 g/mol. The van der Waals surface area contributed by atoms with E-state index in [1.54, 1.807) is 6.92 Å². The standard InChI is InChI=1S/C27H20F2N4O4S/c1-16-11-26(31-15-30-16)32-38(35,36)20-8-9-23-18(12-20)5-10-27(34)33(23)24-14-22(29)21(13-25(24)37-2)17-3-6-19(28)7-4-17/h3-15H,1-2H3,(H,30,31,32). The molecular formula is C27H20F2N4O4S. The highest BCUT2D eigenvalue weighted by Gasteiger charge is 2.19. The summed E-state index contributed by atoms with van der Waals surface area (Å²) in [6.07, 6.45) is 1.25. The Morgan fingerprint density at radius 3 is 2.39 bits per heavy atom. The van der Waals surface area contributed by atoms with Gasteiger partial charge in [0.25, 0.3) is 15.6 Å². The fourth-order valence-corrected chi connectivity index (χ4v) is 5.11. The van der Waals surface area contributed by atoms with Crippen LogP contribution in [-0.4, -0.2) is 30.1 Å². The first-order valence-electron chi connectivity index (χ1n) is 11.3. The maximum absolute atomic E-state index is 15.3. The molecule has 1 N–H and O–H groups in total. The lowest BCUT2D eigenvalue weighted by Gasteiger charge is -2.16. The van der Waals surface area contributed by atoms with Crippen molar-refractivity contribution in [2.45, 2.75) is 11.8 Å². The molecule has 0 aliphatic heterocycles. The smallest absolute Gasteiger partial charge is 0.263 e. The Morgan fingerprint density at radius 2 is 1.68 bits per heavy atom. The number of aromatic nitrogens is 3. The molecule has 0 saturated heterocycles. The summed E-state index contributed by atoms with van der Waals surface area (Å²) in [4.78, 5) is 20.8. The highest BCUT2D eigenvalue weighted by atomic mass is 32.2. The first-order chi connectivity index (χ1) is 18.2. The number of hydrogen-bond donors (Lipinski definition) is 1. The molecule has 0 atom stereocenters. The van der Waals surface area contributed by atoms with Crippen molar-refractivity contribution >= 4 is 26.7 Å². The van der Waals surface area contributed by atoms with Crippen molar-refractivity contribution in [2.75, 3.05) is 11.8 Å². The summed E-state index contributed by atoms with van der Waals surface area (Å²) in [5.74, 6) is -0.800. The van der Waals surface area contributed by atoms with Crippen LogP contribution in [0.1, 0.15) is 5.69 Å². The third-order valence-electron chi connectivity index (χ3n) is 5.88. The average molecular weight is 535 g/mol. The first kappa shape index (κ1) is 25.0. The molecule has 0 amide bonds. The zero-order valence-corrected chi connectivity index (χ0v) is 21.0. The number of nitrogens with one attached hydrogen (secondary N) is 1. The lowest BCUT2D eigenvalue weighted by Crippen LogP contribution is -2.19. The minimum atomic E-state index is -4.01. The summed E-state index contributed by atoms with van der Waals surface area (Å²) in [7, 11) is -2.63. The maximum Gasteiger partial charge on any atom is 0.263 e. The molecule has 2 heterocycles. The molecule has 0 bridgehead atoms. The molecule has 0 saturated carbocycles. The molecule has 8 nitrogen and oxygen atoms in total. The number of hydrogen-bond acceptors (Lipinski definition) is 6. The summed E-state index contributed by atoms with van der Waals surface area (Å²) in [5, 5.41) is 0.413. The molecule has 5 rings (SSSR count). The Bertz CT molecular complexity index is 1860. The van der Waals surface area contributed by atoms with Crippen LogP contribution in [-0.2, 0) is 10.0 Å². The molecule has 0 aliphatic carbocycles. The summed E-state index contributed by atoms with van der Waals surface area (Å²) < 4.78 is 63.7. The van der Waals surface area contributed by atoms with Gasteiger partial charge in [0.15, 0.2) is 0 Å². The van der Waals surface area contributed by atoms with Crippen molar-refractivity contribution < 1.29 is 21.9 Å². The zero-order chi connectivity index (χ0) is 27.0. The summed E-state index contributed by atoms with van der Waals surface area (Å²) >= 11 is 0. The van der Waals surface area contributed by atoms with Gasteiger partial charge in [-0.3, -0.25) is 14.1 Å². The third-order valence-corrected chi connectivity index (χ3v) is 7.24. The van der Waals surface area contributed by atoms with Crippen LogP contribution in [0.5, 0.6) is 5.75 Å². The molecule has 0 radical (unpaired) electrons. The zero-order valence-electron chi connectivity index (χ0n) is 20.1. The Hall–Kier alpha value is -4.64. The molecule has 5 aromatic rings. The van der Waals surface area contributed by atoms with E-state index in [0.29, 0.717) is 22.2 Å². The van der Waals surface area contributed by atoms with E-state index in [9.17, 15) is 17.6 Å². The van der Waals surface area contributed by atoms with Gasteiger partial charge in [0.05, 0.1) is 23.2 Å². The molecule has 0 unspecified atom stereocenters. The molecule has 0 aliphatic rings. The average Bonchev–Trinajstić information content (AvgIpc) is 2.88. The van der Waals surface area contributed by atoms with E-state index in [0.717, 1.165) is 6.07 Å². The summed E-state index contributed by atoms with van der Waals surface area (Å²) in [5.41, 5.74) is 1.17. The van der Waals surface area contributed by atoms with Crippen LogP contribution in [0.2, 0.25) is 0 Å². The number of pyridine rings is 1. The largest absolute Gasteiger partial charge is 0.495 e. The second-order valence-electron chi connectivity index (χ2n) is 8.39. The SMILES string of the molecule is COc1cc(-c2ccc(F)cc2)c(F)cc1-n1c(=O)ccc2cc(S(=O)(=O)Nc3cc(C)ncn3)ccc21. The number of sulfonamides is 1. The number of halogens is 2. The fourth-order valence-electron chi connectivity index (χ4n) is 4.08. The van der Waals surface area contributed by atoms with E-state index in [-0.39, 0.29) is 27.7 Å². The van der Waals surface area contributed by atoms with Crippen molar-refractivity contribution in [3.8, 4) is 22.6 Å². The van der Waals surface area contributed by atoms with Crippen LogP contribution in [0.15, 0.2) is 88.8 Å². The second-order valence-corrected chi connectivity index (χ2v) is 10.1. The predicted octanol–water partition coefficient (Wildman–Crippen LogP) is 4.84. The highest BCUT2D eigenvalue weighted by Crippen LogP contribution is 2.33. The lowest BCUT2D eigenvalue weighted by atomic mass is 10.0. The van der Waals surface area contributed by atoms with E-state index in [1.807, 2.05) is 0 Å². The monoisotopic (exact) mass is 534 g/mol. The fraction of sp³-hybridized carbons (Fsp3) is 0.0741. The van der Waals surface area contributed by atoms with E-state index in [2.05, 4.69) is 14.7 Å². The van der Waals surface area contributed by atoms with E-state index < -0.39 is 27.2 Å². The Kier molecular flexibility index (Phi) is 6.37. The van der Waals surface area contributed by atoms with Gasteiger partial charge in [0.1, 0.15) is 29.5 Å². The summed E-state index contributed by atoms with van der Waals surface area (Å²) in [6, 6.07) is 16.3. The minimum absolute atomic E-state index is 0.0590. The minimum Gasteiger partial charge on any atom is -0.495 e. The van der Waals surface area contributed by atoms with Gasteiger partial charge in [-0.05, 0) is 55.0 Å². The number of methoxy groups -OCH3 is 1. The van der Waals surface area contributed by atoms with Gasteiger partial charge in [-0.1, -0.05) is 12.1 Å². The van der Waals surface area contributed by atoms with Crippen LogP contribution < -0.4 is 15.0 Å². The van der Waals surface area contributed by atoms with Crippen molar-refractivity contribution in [3.63, 3.8) is 0 Å². The number of anilines is 1. The molecule has 0 spiro atoms. The number of aryl methyl sites for hydroxylation is 1. The van der Waals surface area contributed by atoms with Crippen LogP contribution in [0.3, 0.4) is 0 Å². The number of rotatable bonds is 6. The Morgan fingerprint density at radius 1 is 0.921 bits per heavy atom. The van der Waals surface area contributed by atoms with Crippen LogP contribution >= 0.6 is 0 Å². The van der Waals surface area contributed by atoms with Gasteiger partial charge >= 0.3 is 0 Å². The van der Waals surface area contributed by atoms with Crippen molar-refractivity contribution in [2.24, 2.45) is 0 Å². The maximum atomic E-state index is 15.3. The van der Waals surface area contributed by atoms with Gasteiger partial charge in [0, 0.05) is 34.8 Å². The quantitative estimate of drug-likeness (QED) is 0.334. The molecule has 38 heavy (non-hydrogen) atoms. The number of nitrogens with zero attached hydrogens (tertiary/aromatic N) is 3. The van der Waals surface area contributed by atoms with Gasteiger partial charge in [0.2, 0.25) is 0 Å². The predicted molar refractivity (Wildman–Crippen MR) is 139 cm³/mol. The highest BCUT2D eigenvalue weighted by molar-refractivity contribution is 7.92. The first-order valence-corrected chi connectivity index (χ1v) is 12.8. The number of ether oxygens (including phenoxy) is 1. The Labute approximate surface area is 216 Å². The van der Waals surface area contributed by atoms with Crippen LogP contribution in [0, 0.1) is 18.6 Å². The number of fused-ring (bicyclic) bond motifs is 1. The van der Waals surface area contributed by atoms with Crippen LogP contribution in [0.25, 0.3) is 27.7 Å². The second kappa shape index (κ2) is 9.67. The van der Waals surface area contributed by atoms with E-state index in [1.165, 1.54) is 84.7 Å². The Balaban J connectivity index is 1.61. The van der Waals surface area contributed by atoms with E-state index >= 15 is 4.39 Å². The van der Waals surface area contributed by atoms with Gasteiger partial charge in [-0.2, -0.15) is 0 Å². The van der Waals surface area contributed by atoms with E-state index in [4.69, 9.17) is 4.74 Å².